The fourth-order valence-corrected chi connectivity index (χ4v) is 2.53. The molecule has 3 heteroatoms. The summed E-state index contributed by atoms with van der Waals surface area (Å²) >= 11 is 3.60. The molecule has 0 aliphatic carbocycles. The summed E-state index contributed by atoms with van der Waals surface area (Å²) in [4.78, 5) is 2.48. The summed E-state index contributed by atoms with van der Waals surface area (Å²) in [6.45, 7) is 10.9. The lowest BCUT2D eigenvalue weighted by molar-refractivity contribution is 0.669. The van der Waals surface area contributed by atoms with Crippen molar-refractivity contribution in [1.82, 2.24) is 5.32 Å². The first-order chi connectivity index (χ1) is 9.22. The lowest BCUT2D eigenvalue weighted by Gasteiger charge is -2.26. The lowest BCUT2D eigenvalue weighted by atomic mass is 10.1. The third kappa shape index (κ3) is 5.53. The van der Waals surface area contributed by atoms with E-state index in [0.29, 0.717) is 0 Å². The van der Waals surface area contributed by atoms with Crippen molar-refractivity contribution in [1.29, 1.82) is 0 Å². The third-order valence-electron chi connectivity index (χ3n) is 3.29. The number of rotatable bonds is 9. The molecule has 0 aliphatic heterocycles. The maximum Gasteiger partial charge on any atom is 0.0423 e. The van der Waals surface area contributed by atoms with Gasteiger partial charge in [0, 0.05) is 29.8 Å². The fraction of sp³-hybridized carbons (Fsp3) is 0.625. The molecule has 0 bridgehead atoms. The largest absolute Gasteiger partial charge is 0.372 e. The Morgan fingerprint density at radius 3 is 2.58 bits per heavy atom. The highest BCUT2D eigenvalue weighted by Crippen LogP contribution is 2.25. The zero-order valence-corrected chi connectivity index (χ0v) is 14.1. The summed E-state index contributed by atoms with van der Waals surface area (Å²) in [5.41, 5.74) is 2.77. The molecule has 0 amide bonds. The molecule has 1 rings (SSSR count). The fourth-order valence-electron chi connectivity index (χ4n) is 2.18. The number of halogens is 1. The van der Waals surface area contributed by atoms with E-state index in [1.54, 1.807) is 0 Å². The standard InChI is InChI=1S/C16H27BrN2/c1-4-7-11-19(6-3)16-12-15(17)9-8-14(16)13-18-10-5-2/h8-9,12,18H,4-7,10-11,13H2,1-3H3. The van der Waals surface area contributed by atoms with Crippen LogP contribution in [0.5, 0.6) is 0 Å². The van der Waals surface area contributed by atoms with E-state index in [9.17, 15) is 0 Å². The molecule has 1 aromatic rings. The van der Waals surface area contributed by atoms with Crippen molar-refractivity contribution in [2.75, 3.05) is 24.5 Å². The van der Waals surface area contributed by atoms with Crippen LogP contribution in [-0.2, 0) is 6.54 Å². The quantitative estimate of drug-likeness (QED) is 0.668. The van der Waals surface area contributed by atoms with Crippen LogP contribution < -0.4 is 10.2 Å². The van der Waals surface area contributed by atoms with Crippen LogP contribution in [0.1, 0.15) is 45.6 Å². The van der Waals surface area contributed by atoms with Crippen LogP contribution in [0.25, 0.3) is 0 Å². The van der Waals surface area contributed by atoms with Gasteiger partial charge in [-0.25, -0.2) is 0 Å². The summed E-state index contributed by atoms with van der Waals surface area (Å²) in [6, 6.07) is 6.62. The predicted molar refractivity (Wildman–Crippen MR) is 88.9 cm³/mol. The van der Waals surface area contributed by atoms with Gasteiger partial charge in [0.25, 0.3) is 0 Å². The van der Waals surface area contributed by atoms with Crippen molar-refractivity contribution in [3.63, 3.8) is 0 Å². The van der Waals surface area contributed by atoms with Crippen LogP contribution in [0.3, 0.4) is 0 Å². The molecule has 1 aromatic carbocycles. The minimum absolute atomic E-state index is 0.957. The second-order valence-corrected chi connectivity index (χ2v) is 5.80. The van der Waals surface area contributed by atoms with Crippen molar-refractivity contribution in [2.24, 2.45) is 0 Å². The second kappa shape index (κ2) is 9.38. The van der Waals surface area contributed by atoms with Crippen molar-refractivity contribution >= 4 is 21.6 Å². The van der Waals surface area contributed by atoms with E-state index in [4.69, 9.17) is 0 Å². The Bertz CT molecular complexity index is 366. The van der Waals surface area contributed by atoms with Gasteiger partial charge in [0.15, 0.2) is 0 Å². The number of benzene rings is 1. The second-order valence-electron chi connectivity index (χ2n) is 4.88. The van der Waals surface area contributed by atoms with Crippen LogP contribution in [0.2, 0.25) is 0 Å². The molecule has 0 heterocycles. The first kappa shape index (κ1) is 16.5. The average Bonchev–Trinajstić information content (AvgIpc) is 2.42. The average molecular weight is 327 g/mol. The highest BCUT2D eigenvalue weighted by Gasteiger charge is 2.09. The minimum atomic E-state index is 0.957. The lowest BCUT2D eigenvalue weighted by Crippen LogP contribution is -2.26. The highest BCUT2D eigenvalue weighted by molar-refractivity contribution is 9.10. The van der Waals surface area contributed by atoms with Crippen LogP contribution in [0, 0.1) is 0 Å². The molecule has 1 N–H and O–H groups in total. The summed E-state index contributed by atoms with van der Waals surface area (Å²) in [5.74, 6) is 0. The van der Waals surface area contributed by atoms with Gasteiger partial charge in [-0.3, -0.25) is 0 Å². The van der Waals surface area contributed by atoms with Gasteiger partial charge in [-0.15, -0.1) is 0 Å². The maximum absolute atomic E-state index is 3.60. The number of nitrogens with one attached hydrogen (secondary N) is 1. The first-order valence-corrected chi connectivity index (χ1v) is 8.26. The molecular weight excluding hydrogens is 300 g/mol. The Hall–Kier alpha value is -0.540. The van der Waals surface area contributed by atoms with Crippen molar-refractivity contribution in [3.8, 4) is 0 Å². The SMILES string of the molecule is CCCCN(CC)c1cc(Br)ccc1CNCCC. The summed E-state index contributed by atoms with van der Waals surface area (Å²) < 4.78 is 1.16. The Morgan fingerprint density at radius 2 is 1.95 bits per heavy atom. The molecule has 0 fully saturated rings. The zero-order valence-electron chi connectivity index (χ0n) is 12.5. The van der Waals surface area contributed by atoms with Gasteiger partial charge in [0.1, 0.15) is 0 Å². The molecule has 2 nitrogen and oxygen atoms in total. The molecule has 0 aromatic heterocycles. The molecule has 19 heavy (non-hydrogen) atoms. The van der Waals surface area contributed by atoms with Crippen LogP contribution >= 0.6 is 15.9 Å². The monoisotopic (exact) mass is 326 g/mol. The highest BCUT2D eigenvalue weighted by atomic mass is 79.9. The number of hydrogen-bond acceptors (Lipinski definition) is 2. The number of unbranched alkanes of at least 4 members (excludes halogenated alkanes) is 1. The molecule has 0 radical (unpaired) electrons. The summed E-state index contributed by atoms with van der Waals surface area (Å²) in [6.07, 6.45) is 3.68. The van der Waals surface area contributed by atoms with Gasteiger partial charge in [-0.2, -0.15) is 0 Å². The van der Waals surface area contributed by atoms with Gasteiger partial charge in [0.05, 0.1) is 0 Å². The number of nitrogens with zero attached hydrogens (tertiary/aromatic N) is 1. The van der Waals surface area contributed by atoms with Gasteiger partial charge < -0.3 is 10.2 Å². The molecular formula is C16H27BrN2. The van der Waals surface area contributed by atoms with E-state index in [2.05, 4.69) is 65.1 Å². The molecule has 0 saturated heterocycles. The summed E-state index contributed by atoms with van der Waals surface area (Å²) in [5, 5.41) is 3.50. The molecule has 0 unspecified atom stereocenters. The smallest absolute Gasteiger partial charge is 0.0423 e. The normalized spacial score (nSPS) is 10.7. The van der Waals surface area contributed by atoms with Crippen molar-refractivity contribution in [2.45, 2.75) is 46.6 Å². The van der Waals surface area contributed by atoms with E-state index in [1.165, 1.54) is 30.5 Å². The van der Waals surface area contributed by atoms with E-state index in [0.717, 1.165) is 30.7 Å². The first-order valence-electron chi connectivity index (χ1n) is 7.47. The van der Waals surface area contributed by atoms with Crippen LogP contribution in [0.4, 0.5) is 5.69 Å². The maximum atomic E-state index is 3.60. The van der Waals surface area contributed by atoms with E-state index >= 15 is 0 Å². The minimum Gasteiger partial charge on any atom is -0.372 e. The topological polar surface area (TPSA) is 15.3 Å². The Morgan fingerprint density at radius 1 is 1.16 bits per heavy atom. The molecule has 0 saturated carbocycles. The zero-order chi connectivity index (χ0) is 14.1. The number of hydrogen-bond donors (Lipinski definition) is 1. The van der Waals surface area contributed by atoms with Gasteiger partial charge >= 0.3 is 0 Å². The van der Waals surface area contributed by atoms with Crippen LogP contribution in [0.15, 0.2) is 22.7 Å². The van der Waals surface area contributed by atoms with E-state index in [1.807, 2.05) is 0 Å². The Labute approximate surface area is 126 Å². The molecule has 0 aliphatic rings. The van der Waals surface area contributed by atoms with Gasteiger partial charge in [-0.05, 0) is 44.0 Å². The van der Waals surface area contributed by atoms with E-state index < -0.39 is 0 Å². The third-order valence-corrected chi connectivity index (χ3v) is 3.79. The van der Waals surface area contributed by atoms with Crippen LogP contribution in [-0.4, -0.2) is 19.6 Å². The number of anilines is 1. The Kier molecular flexibility index (Phi) is 8.15. The predicted octanol–water partition coefficient (Wildman–Crippen LogP) is 4.58. The molecule has 0 spiro atoms. The summed E-state index contributed by atoms with van der Waals surface area (Å²) in [7, 11) is 0. The Balaban J connectivity index is 2.84. The van der Waals surface area contributed by atoms with Gasteiger partial charge in [0.2, 0.25) is 0 Å². The van der Waals surface area contributed by atoms with Crippen molar-refractivity contribution in [3.05, 3.63) is 28.2 Å². The van der Waals surface area contributed by atoms with Gasteiger partial charge in [-0.1, -0.05) is 42.3 Å². The molecule has 108 valence electrons. The van der Waals surface area contributed by atoms with Crippen molar-refractivity contribution < 1.29 is 0 Å². The molecule has 0 atom stereocenters. The van der Waals surface area contributed by atoms with E-state index in [-0.39, 0.29) is 0 Å².